The molecule has 0 bridgehead atoms. The van der Waals surface area contributed by atoms with Crippen LogP contribution in [-0.4, -0.2) is 24.9 Å². The quantitative estimate of drug-likeness (QED) is 0.165. The number of nitrogens with zero attached hydrogens (tertiary/aromatic N) is 1. The van der Waals surface area contributed by atoms with Crippen molar-refractivity contribution in [3.05, 3.63) is 80.6 Å². The number of aromatic nitrogens is 1. The van der Waals surface area contributed by atoms with Crippen LogP contribution < -0.4 is 15.8 Å². The third-order valence-electron chi connectivity index (χ3n) is 6.03. The fraction of sp³-hybridized carbons (Fsp3) is 0.471. The summed E-state index contributed by atoms with van der Waals surface area (Å²) >= 11 is 3.35. The summed E-state index contributed by atoms with van der Waals surface area (Å²) in [6.07, 6.45) is 11.3. The zero-order chi connectivity index (χ0) is 31.2. The van der Waals surface area contributed by atoms with Crippen molar-refractivity contribution < 1.29 is 9.53 Å². The molecule has 1 heterocycles. The van der Waals surface area contributed by atoms with Crippen LogP contribution in [-0.2, 0) is 11.2 Å². The number of pyridine rings is 1. The highest BCUT2D eigenvalue weighted by atomic mass is 32.2. The molecule has 228 valence electrons. The van der Waals surface area contributed by atoms with E-state index in [1.54, 1.807) is 29.7 Å². The Hall–Kier alpha value is -2.64. The number of unbranched alkanes of at least 4 members (excludes halogenated alkanes) is 1. The molecule has 0 radical (unpaired) electrons. The molecule has 3 N–H and O–H groups in total. The summed E-state index contributed by atoms with van der Waals surface area (Å²) in [7, 11) is 1.98. The van der Waals surface area contributed by atoms with Crippen LogP contribution >= 0.6 is 23.5 Å². The van der Waals surface area contributed by atoms with Crippen LogP contribution in [0.1, 0.15) is 97.8 Å². The predicted molar refractivity (Wildman–Crippen MR) is 183 cm³/mol. The van der Waals surface area contributed by atoms with Crippen molar-refractivity contribution in [2.24, 2.45) is 5.73 Å². The highest BCUT2D eigenvalue weighted by Gasteiger charge is 2.15. The van der Waals surface area contributed by atoms with Gasteiger partial charge in [-0.2, -0.15) is 0 Å². The highest BCUT2D eigenvalue weighted by molar-refractivity contribution is 8.11. The Morgan fingerprint density at radius 2 is 1.76 bits per heavy atom. The van der Waals surface area contributed by atoms with E-state index in [-0.39, 0.29) is 0 Å². The smallest absolute Gasteiger partial charge is 0.130 e. The van der Waals surface area contributed by atoms with Gasteiger partial charge in [0.1, 0.15) is 12.0 Å². The Bertz CT molecular complexity index is 1140. The number of nitrogens with one attached hydrogen (secondary N) is 1. The van der Waals surface area contributed by atoms with E-state index in [1.807, 2.05) is 58.3 Å². The summed E-state index contributed by atoms with van der Waals surface area (Å²) in [5, 5.41) is 5.37. The van der Waals surface area contributed by atoms with Gasteiger partial charge in [0.25, 0.3) is 0 Å². The zero-order valence-corrected chi connectivity index (χ0v) is 28.7. The summed E-state index contributed by atoms with van der Waals surface area (Å²) in [5.41, 5.74) is 11.9. The molecule has 0 aliphatic rings. The molecule has 0 saturated heterocycles. The Morgan fingerprint density at radius 1 is 1.07 bits per heavy atom. The Kier molecular flexibility index (Phi) is 21.5. The molecule has 0 fully saturated rings. The van der Waals surface area contributed by atoms with Gasteiger partial charge in [0.15, 0.2) is 0 Å². The molecule has 41 heavy (non-hydrogen) atoms. The van der Waals surface area contributed by atoms with Crippen molar-refractivity contribution in [1.29, 1.82) is 0 Å². The molecule has 1 aromatic carbocycles. The van der Waals surface area contributed by atoms with Gasteiger partial charge in [-0.05, 0) is 75.8 Å². The van der Waals surface area contributed by atoms with Crippen molar-refractivity contribution >= 4 is 34.7 Å². The molecule has 0 saturated carbocycles. The molecule has 2 aromatic rings. The number of hydrogen-bond acceptors (Lipinski definition) is 7. The molecule has 5 nitrogen and oxygen atoms in total. The first-order valence-corrected chi connectivity index (χ1v) is 16.4. The van der Waals surface area contributed by atoms with E-state index < -0.39 is 0 Å². The number of ether oxygens (including phenoxy) is 1. The first-order chi connectivity index (χ1) is 19.8. The van der Waals surface area contributed by atoms with E-state index in [0.29, 0.717) is 13.0 Å². The SMILES string of the molecule is CC.CCC/C=C(\N)Sc1cc(CC=O)ccc1C.CCOc1ccncc1C(SC(NC)=C(C)CC)=C(C)CC. The number of carbonyl (C=O) groups excluding carboxylic acids is 1. The van der Waals surface area contributed by atoms with Crippen molar-refractivity contribution in [1.82, 2.24) is 10.3 Å². The second-order valence-corrected chi connectivity index (χ2v) is 11.2. The largest absolute Gasteiger partial charge is 0.493 e. The number of nitrogens with two attached hydrogens (primary N) is 1. The summed E-state index contributed by atoms with van der Waals surface area (Å²) in [6, 6.07) is 8.01. The van der Waals surface area contributed by atoms with Crippen LogP contribution in [0.4, 0.5) is 0 Å². The molecule has 7 heteroatoms. The number of benzene rings is 1. The maximum Gasteiger partial charge on any atom is 0.130 e. The zero-order valence-electron chi connectivity index (χ0n) is 27.0. The third kappa shape index (κ3) is 14.2. The minimum absolute atomic E-state index is 0.465. The molecule has 0 aliphatic heterocycles. The lowest BCUT2D eigenvalue weighted by Gasteiger charge is -2.18. The van der Waals surface area contributed by atoms with Gasteiger partial charge in [-0.15, -0.1) is 0 Å². The number of carbonyl (C=O) groups is 1. The van der Waals surface area contributed by atoms with Crippen LogP contribution in [0.3, 0.4) is 0 Å². The summed E-state index contributed by atoms with van der Waals surface area (Å²) < 4.78 is 5.79. The van der Waals surface area contributed by atoms with E-state index in [9.17, 15) is 4.79 Å². The number of hydrogen-bond donors (Lipinski definition) is 2. The van der Waals surface area contributed by atoms with Gasteiger partial charge in [-0.3, -0.25) is 4.98 Å². The normalized spacial score (nSPS) is 12.1. The standard InChI is InChI=1S/C18H28N2OS.C14H19NOS.C2H6/c1-7-13(4)17(22-18(19-6)14(5)8-2)15-12-20-11-10-16(15)21-9-3;1-3-4-5-14(15)17-13-10-12(8-9-16)7-6-11(13)2;1-2/h10-12,19H,7-9H2,1-6H3;5-7,9-10H,3-4,8,15H2,1-2H3;1-2H3/b;14-5+;. The van der Waals surface area contributed by atoms with Crippen LogP contribution in [0.2, 0.25) is 0 Å². The highest BCUT2D eigenvalue weighted by Crippen LogP contribution is 2.41. The lowest BCUT2D eigenvalue weighted by atomic mass is 10.1. The molecule has 1 aromatic heterocycles. The summed E-state index contributed by atoms with van der Waals surface area (Å²) in [6.45, 7) is 19.6. The molecule has 0 atom stereocenters. The van der Waals surface area contributed by atoms with Gasteiger partial charge in [0.2, 0.25) is 0 Å². The number of aryl methyl sites for hydroxylation is 1. The van der Waals surface area contributed by atoms with Crippen LogP contribution in [0.25, 0.3) is 4.91 Å². The maximum atomic E-state index is 10.5. The monoisotopic (exact) mass is 599 g/mol. The summed E-state index contributed by atoms with van der Waals surface area (Å²) in [5.74, 6) is 0.900. The maximum absolute atomic E-state index is 10.5. The van der Waals surface area contributed by atoms with Gasteiger partial charge in [0.05, 0.1) is 16.7 Å². The van der Waals surface area contributed by atoms with Gasteiger partial charge >= 0.3 is 0 Å². The second kappa shape index (κ2) is 23.0. The van der Waals surface area contributed by atoms with Crippen LogP contribution in [0, 0.1) is 6.92 Å². The van der Waals surface area contributed by atoms with Gasteiger partial charge in [-0.25, -0.2) is 0 Å². The Morgan fingerprint density at radius 3 is 2.32 bits per heavy atom. The first-order valence-electron chi connectivity index (χ1n) is 14.7. The number of rotatable bonds is 14. The third-order valence-corrected chi connectivity index (χ3v) is 8.62. The molecule has 2 rings (SSSR count). The molecule has 0 aliphatic carbocycles. The lowest BCUT2D eigenvalue weighted by molar-refractivity contribution is -0.107. The van der Waals surface area contributed by atoms with Crippen molar-refractivity contribution in [3.63, 3.8) is 0 Å². The molecule has 0 amide bonds. The van der Waals surface area contributed by atoms with Gasteiger partial charge in [0, 0.05) is 41.2 Å². The summed E-state index contributed by atoms with van der Waals surface area (Å²) in [4.78, 5) is 17.2. The van der Waals surface area contributed by atoms with Gasteiger partial charge < -0.3 is 20.6 Å². The van der Waals surface area contributed by atoms with E-state index in [0.717, 1.165) is 58.8 Å². The number of aldehydes is 1. The van der Waals surface area contributed by atoms with E-state index in [4.69, 9.17) is 10.5 Å². The van der Waals surface area contributed by atoms with Gasteiger partial charge in [-0.1, -0.05) is 88.3 Å². The second-order valence-electron chi connectivity index (χ2n) is 9.05. The Balaban J connectivity index is 0.000000757. The molecular formula is C34H53N3O2S2. The predicted octanol–water partition coefficient (Wildman–Crippen LogP) is 9.67. The van der Waals surface area contributed by atoms with E-state index in [1.165, 1.54) is 26.6 Å². The molecule has 0 unspecified atom stereocenters. The van der Waals surface area contributed by atoms with Crippen molar-refractivity contribution in [2.45, 2.75) is 99.3 Å². The number of allylic oxidation sites excluding steroid dienone is 3. The molecule has 0 spiro atoms. The lowest BCUT2D eigenvalue weighted by Crippen LogP contribution is -2.06. The number of thioether (sulfide) groups is 2. The van der Waals surface area contributed by atoms with Crippen molar-refractivity contribution in [2.75, 3.05) is 13.7 Å². The minimum atomic E-state index is 0.465. The average Bonchev–Trinajstić information content (AvgIpc) is 3.00. The minimum Gasteiger partial charge on any atom is -0.493 e. The van der Waals surface area contributed by atoms with Crippen molar-refractivity contribution in [3.8, 4) is 5.75 Å². The van der Waals surface area contributed by atoms with E-state index in [2.05, 4.69) is 57.9 Å². The average molecular weight is 600 g/mol. The fourth-order valence-electron chi connectivity index (χ4n) is 3.41. The molecular weight excluding hydrogens is 547 g/mol. The van der Waals surface area contributed by atoms with Crippen LogP contribution in [0.15, 0.2) is 68.8 Å². The topological polar surface area (TPSA) is 77.2 Å². The first kappa shape index (κ1) is 38.4. The Labute approximate surface area is 258 Å². The van der Waals surface area contributed by atoms with Crippen LogP contribution in [0.5, 0.6) is 5.75 Å². The van der Waals surface area contributed by atoms with E-state index >= 15 is 0 Å². The fourth-order valence-corrected chi connectivity index (χ4v) is 5.51.